The zero-order valence-electron chi connectivity index (χ0n) is 16.9. The van der Waals surface area contributed by atoms with E-state index in [4.69, 9.17) is 0 Å². The fraction of sp³-hybridized carbons (Fsp3) is 0.600. The normalized spacial score (nSPS) is 14.7. The van der Waals surface area contributed by atoms with E-state index in [0.717, 1.165) is 0 Å². The monoisotopic (exact) mass is 900 g/mol. The van der Waals surface area contributed by atoms with Gasteiger partial charge in [0, 0.05) is 0 Å². The predicted molar refractivity (Wildman–Crippen MR) is 101 cm³/mol. The maximum atomic E-state index is 10.6. The Bertz CT molecular complexity index is 659. The van der Waals surface area contributed by atoms with Crippen molar-refractivity contribution in [1.29, 1.82) is 0 Å². The van der Waals surface area contributed by atoms with Gasteiger partial charge < -0.3 is 47.5 Å². The van der Waals surface area contributed by atoms with E-state index in [-0.39, 0.29) is 173 Å². The summed E-state index contributed by atoms with van der Waals surface area (Å²) in [6.07, 6.45) is 0.440. The molecule has 0 heterocycles. The molecule has 0 saturated heterocycles. The summed E-state index contributed by atoms with van der Waals surface area (Å²) >= 11 is 0. The van der Waals surface area contributed by atoms with Gasteiger partial charge in [0.05, 0.1) is 28.9 Å². The van der Waals surface area contributed by atoms with Gasteiger partial charge in [-0.1, -0.05) is 11.1 Å². The molecule has 0 amide bonds. The molecule has 0 spiro atoms. The van der Waals surface area contributed by atoms with Crippen molar-refractivity contribution < 1.29 is 65.3 Å². The minimum absolute atomic E-state index is 0. The first-order valence-corrected chi connectivity index (χ1v) is 12.8. The molecule has 0 radical (unpaired) electrons. The van der Waals surface area contributed by atoms with Crippen molar-refractivity contribution in [2.45, 2.75) is 26.7 Å². The molecule has 0 aromatic carbocycles. The van der Waals surface area contributed by atoms with E-state index in [9.17, 15) is 47.6 Å². The van der Waals surface area contributed by atoms with Crippen LogP contribution in [0, 0.1) is 0 Å². The quantitative estimate of drug-likeness (QED) is 0.111. The second-order valence-electron chi connectivity index (χ2n) is 5.03. The first kappa shape index (κ1) is 45.6. The Hall–Kier alpha value is 4.71. The zero-order chi connectivity index (χ0) is 22.8. The molecule has 0 aromatic heterocycles. The Morgan fingerprint density at radius 3 is 1.03 bits per heavy atom. The number of phosphoric ester groups is 2. The number of hydrogen-bond donors (Lipinski definition) is 0. The third-order valence-corrected chi connectivity index (χ3v) is 6.15. The standard InChI is InChI=1S/2C5H12O7P2.3Ba/c2*1-5(2)3-4-11-14(9,10)12-13(6,7)8;;;/h2*1,3-4H2,2H3,(H,9,10)(H2,6,7,8);;;/q;;3*+2/p-6. The van der Waals surface area contributed by atoms with Gasteiger partial charge in [-0.25, -0.2) is 0 Å². The molecule has 0 aromatic rings. The summed E-state index contributed by atoms with van der Waals surface area (Å²) in [5.41, 5.74) is 1.30. The van der Waals surface area contributed by atoms with Crippen molar-refractivity contribution in [1.82, 2.24) is 0 Å². The minimum Gasteiger partial charge on any atom is -0.790 e. The van der Waals surface area contributed by atoms with Gasteiger partial charge in [0.25, 0.3) is 15.6 Å². The van der Waals surface area contributed by atoms with Gasteiger partial charge in [0.15, 0.2) is 0 Å². The molecular formula is C10H18Ba3O14P4. The van der Waals surface area contributed by atoms with Crippen LogP contribution in [0.5, 0.6) is 0 Å². The summed E-state index contributed by atoms with van der Waals surface area (Å²) in [6, 6.07) is 0. The molecule has 14 nitrogen and oxygen atoms in total. The summed E-state index contributed by atoms with van der Waals surface area (Å²) in [5, 5.41) is 0. The van der Waals surface area contributed by atoms with E-state index >= 15 is 0 Å². The average molecular weight is 898 g/mol. The van der Waals surface area contributed by atoms with Crippen LogP contribution < -0.4 is 29.4 Å². The molecule has 0 saturated carbocycles. The number of hydrogen-bond acceptors (Lipinski definition) is 14. The Labute approximate surface area is 301 Å². The van der Waals surface area contributed by atoms with Crippen LogP contribution in [0.4, 0.5) is 0 Å². The molecule has 0 aliphatic carbocycles. The predicted octanol–water partition coefficient (Wildman–Crippen LogP) is -2.58. The van der Waals surface area contributed by atoms with Gasteiger partial charge in [-0.15, -0.1) is 13.2 Å². The Morgan fingerprint density at radius 1 is 0.645 bits per heavy atom. The molecule has 31 heavy (non-hydrogen) atoms. The van der Waals surface area contributed by atoms with Crippen LogP contribution in [0.3, 0.4) is 0 Å². The van der Waals surface area contributed by atoms with E-state index in [0.29, 0.717) is 11.1 Å². The third kappa shape index (κ3) is 39.4. The molecule has 0 aliphatic heterocycles. The molecular weight excluding hydrogens is 880 g/mol. The maximum Gasteiger partial charge on any atom is 2.00 e. The Balaban J connectivity index is -0.000000133. The topological polar surface area (TPSA) is 244 Å². The van der Waals surface area contributed by atoms with Crippen molar-refractivity contribution in [3.05, 3.63) is 24.3 Å². The van der Waals surface area contributed by atoms with Crippen molar-refractivity contribution in [3.8, 4) is 0 Å². The molecule has 0 rings (SSSR count). The van der Waals surface area contributed by atoms with Crippen LogP contribution in [0.15, 0.2) is 24.3 Å². The zero-order valence-corrected chi connectivity index (χ0v) is 33.8. The van der Waals surface area contributed by atoms with Gasteiger partial charge in [0.1, 0.15) is 0 Å². The molecule has 2 unspecified atom stereocenters. The Morgan fingerprint density at radius 2 is 0.871 bits per heavy atom. The SMILES string of the molecule is C=C(C)CCOP(=O)([O-])OP(=O)([O-])[O-].C=C(C)CCOP(=O)([O-])OP(=O)([O-])[O-].[Ba+2].[Ba+2].[Ba+2]. The van der Waals surface area contributed by atoms with E-state index in [1.54, 1.807) is 13.8 Å². The molecule has 168 valence electrons. The number of phosphoric acid groups is 4. The molecule has 0 aliphatic rings. The fourth-order valence-corrected chi connectivity index (χ4v) is 3.92. The average Bonchev–Trinajstić information content (AvgIpc) is 2.31. The molecule has 21 heteroatoms. The summed E-state index contributed by atoms with van der Waals surface area (Å²) in [6.45, 7) is 9.56. The summed E-state index contributed by atoms with van der Waals surface area (Å²) in [5.74, 6) is 0. The molecule has 0 bridgehead atoms. The van der Waals surface area contributed by atoms with Gasteiger partial charge in [-0.2, -0.15) is 0 Å². The first-order valence-electron chi connectivity index (χ1n) is 6.91. The third-order valence-electron chi connectivity index (χ3n) is 1.96. The second kappa shape index (κ2) is 21.6. The summed E-state index contributed by atoms with van der Waals surface area (Å²) in [7, 11) is -21.2. The minimum atomic E-state index is -5.57. The van der Waals surface area contributed by atoms with Gasteiger partial charge in [-0.3, -0.25) is 17.8 Å². The molecule has 2 atom stereocenters. The summed E-state index contributed by atoms with van der Waals surface area (Å²) in [4.78, 5) is 60.9. The van der Waals surface area contributed by atoms with Crippen molar-refractivity contribution >= 4 is 178 Å². The van der Waals surface area contributed by atoms with E-state index in [1.807, 2.05) is 0 Å². The number of rotatable bonds is 12. The van der Waals surface area contributed by atoms with E-state index in [2.05, 4.69) is 30.8 Å². The van der Waals surface area contributed by atoms with Gasteiger partial charge in [0.2, 0.25) is 0 Å². The second-order valence-corrected chi connectivity index (χ2v) is 10.4. The molecule has 0 fully saturated rings. The first-order chi connectivity index (χ1) is 12.2. The largest absolute Gasteiger partial charge is 2.00 e. The van der Waals surface area contributed by atoms with Crippen LogP contribution in [-0.2, 0) is 35.9 Å². The molecule has 0 N–H and O–H groups in total. The smallest absolute Gasteiger partial charge is 0.790 e. The van der Waals surface area contributed by atoms with Gasteiger partial charge >= 0.3 is 147 Å². The fourth-order valence-electron chi connectivity index (χ4n) is 0.955. The maximum absolute atomic E-state index is 10.6. The van der Waals surface area contributed by atoms with Crippen LogP contribution >= 0.6 is 31.3 Å². The van der Waals surface area contributed by atoms with Crippen LogP contribution in [0.25, 0.3) is 0 Å². The van der Waals surface area contributed by atoms with Crippen molar-refractivity contribution in [2.24, 2.45) is 0 Å². The van der Waals surface area contributed by atoms with Crippen molar-refractivity contribution in [2.75, 3.05) is 13.2 Å². The van der Waals surface area contributed by atoms with Crippen LogP contribution in [0.1, 0.15) is 26.7 Å². The van der Waals surface area contributed by atoms with Crippen LogP contribution in [0.2, 0.25) is 0 Å². The van der Waals surface area contributed by atoms with Gasteiger partial charge in [-0.05, 0) is 26.7 Å². The van der Waals surface area contributed by atoms with Crippen molar-refractivity contribution in [3.63, 3.8) is 0 Å². The summed E-state index contributed by atoms with van der Waals surface area (Å²) < 4.78 is 55.6. The van der Waals surface area contributed by atoms with E-state index < -0.39 is 31.3 Å². The van der Waals surface area contributed by atoms with Crippen LogP contribution in [-0.4, -0.2) is 160 Å². The van der Waals surface area contributed by atoms with E-state index in [1.165, 1.54) is 0 Å². The Kier molecular flexibility index (Phi) is 31.8.